The molecule has 0 aliphatic rings. The number of anilines is 1. The predicted octanol–water partition coefficient (Wildman–Crippen LogP) is 2.29. The van der Waals surface area contributed by atoms with Crippen LogP contribution in [-0.2, 0) is 4.79 Å². The smallest absolute Gasteiger partial charge is 0.304 e. The van der Waals surface area contributed by atoms with E-state index in [-0.39, 0.29) is 24.1 Å². The van der Waals surface area contributed by atoms with Gasteiger partial charge in [-0.3, -0.25) is 14.9 Å². The molecule has 0 spiro atoms. The number of nitro benzene ring substituents is 1. The zero-order chi connectivity index (χ0) is 15.3. The Labute approximate surface area is 116 Å². The Bertz CT molecular complexity index is 506. The molecule has 0 radical (unpaired) electrons. The fourth-order valence-corrected chi connectivity index (χ4v) is 1.86. The lowest BCUT2D eigenvalue weighted by Gasteiger charge is -2.16. The van der Waals surface area contributed by atoms with Crippen LogP contribution in [0.2, 0.25) is 0 Å². The van der Waals surface area contributed by atoms with E-state index in [1.54, 1.807) is 0 Å². The summed E-state index contributed by atoms with van der Waals surface area (Å²) in [6.45, 7) is 4.14. The molecule has 1 rings (SSSR count). The molecule has 0 saturated heterocycles. The van der Waals surface area contributed by atoms with Crippen LogP contribution in [0.4, 0.5) is 15.8 Å². The average molecular weight is 283 g/mol. The van der Waals surface area contributed by atoms with Crippen LogP contribution in [0.1, 0.15) is 20.3 Å². The molecular formula is C13H18FN3O3. The first-order chi connectivity index (χ1) is 9.35. The van der Waals surface area contributed by atoms with Gasteiger partial charge in [0.05, 0.1) is 10.8 Å². The number of rotatable bonds is 6. The molecular weight excluding hydrogens is 265 g/mol. The third kappa shape index (κ3) is 4.27. The van der Waals surface area contributed by atoms with E-state index in [2.05, 4.69) is 5.32 Å². The van der Waals surface area contributed by atoms with Crippen molar-refractivity contribution in [3.63, 3.8) is 0 Å². The number of amides is 1. The van der Waals surface area contributed by atoms with Gasteiger partial charge in [-0.05, 0) is 18.4 Å². The molecule has 0 heterocycles. The number of nitrogens with two attached hydrogens (primary N) is 1. The van der Waals surface area contributed by atoms with Gasteiger partial charge in [-0.2, -0.15) is 4.39 Å². The lowest BCUT2D eigenvalue weighted by Crippen LogP contribution is -2.30. The van der Waals surface area contributed by atoms with Gasteiger partial charge in [0.2, 0.25) is 11.7 Å². The van der Waals surface area contributed by atoms with Crippen molar-refractivity contribution in [3.05, 3.63) is 34.1 Å². The van der Waals surface area contributed by atoms with Gasteiger partial charge in [0.15, 0.2) is 0 Å². The fraction of sp³-hybridized carbons (Fsp3) is 0.462. The minimum Gasteiger partial charge on any atom is -0.330 e. The van der Waals surface area contributed by atoms with Gasteiger partial charge in [0.1, 0.15) is 0 Å². The van der Waals surface area contributed by atoms with E-state index in [0.717, 1.165) is 12.1 Å². The summed E-state index contributed by atoms with van der Waals surface area (Å²) in [7, 11) is 0. The van der Waals surface area contributed by atoms with Crippen molar-refractivity contribution in [1.82, 2.24) is 0 Å². The molecule has 1 amide bonds. The highest BCUT2D eigenvalue weighted by Gasteiger charge is 2.20. The summed E-state index contributed by atoms with van der Waals surface area (Å²) in [6.07, 6.45) is 0.623. The minimum absolute atomic E-state index is 0.181. The first kappa shape index (κ1) is 16.0. The number of nitro groups is 1. The van der Waals surface area contributed by atoms with Crippen molar-refractivity contribution in [1.29, 1.82) is 0 Å². The van der Waals surface area contributed by atoms with Crippen molar-refractivity contribution < 1.29 is 14.1 Å². The molecule has 20 heavy (non-hydrogen) atoms. The number of hydrogen-bond donors (Lipinski definition) is 2. The third-order valence-corrected chi connectivity index (χ3v) is 2.82. The summed E-state index contributed by atoms with van der Waals surface area (Å²) in [6, 6.07) is 3.24. The lowest BCUT2D eigenvalue weighted by molar-refractivity contribution is -0.387. The summed E-state index contributed by atoms with van der Waals surface area (Å²) in [5.41, 5.74) is 5.10. The Hall–Kier alpha value is -2.02. The number of nitrogens with one attached hydrogen (secondary N) is 1. The van der Waals surface area contributed by atoms with Gasteiger partial charge < -0.3 is 11.1 Å². The molecule has 1 atom stereocenters. The molecule has 7 heteroatoms. The highest BCUT2D eigenvalue weighted by molar-refractivity contribution is 5.92. The monoisotopic (exact) mass is 283 g/mol. The van der Waals surface area contributed by atoms with Crippen molar-refractivity contribution in [2.45, 2.75) is 20.3 Å². The van der Waals surface area contributed by atoms with Crippen molar-refractivity contribution >= 4 is 17.3 Å². The molecule has 0 aromatic heterocycles. The van der Waals surface area contributed by atoms with E-state index in [1.165, 1.54) is 6.07 Å². The maximum Gasteiger partial charge on any atom is 0.304 e. The predicted molar refractivity (Wildman–Crippen MR) is 73.7 cm³/mol. The van der Waals surface area contributed by atoms with Gasteiger partial charge >= 0.3 is 5.69 Å². The van der Waals surface area contributed by atoms with Gasteiger partial charge in [0.25, 0.3) is 0 Å². The van der Waals surface area contributed by atoms with Gasteiger partial charge in [0, 0.05) is 24.4 Å². The molecule has 0 fully saturated rings. The SMILES string of the molecule is CC(C)CC(CN)C(=O)Nc1ccc([N+](=O)[O-])c(F)c1. The maximum atomic E-state index is 13.4. The van der Waals surface area contributed by atoms with Crippen LogP contribution >= 0.6 is 0 Å². The molecule has 110 valence electrons. The summed E-state index contributed by atoms with van der Waals surface area (Å²) in [4.78, 5) is 21.6. The van der Waals surface area contributed by atoms with Gasteiger partial charge in [-0.25, -0.2) is 0 Å². The summed E-state index contributed by atoms with van der Waals surface area (Å²) in [5.74, 6) is -1.36. The van der Waals surface area contributed by atoms with E-state index in [1.807, 2.05) is 13.8 Å². The highest BCUT2D eigenvalue weighted by atomic mass is 19.1. The lowest BCUT2D eigenvalue weighted by atomic mass is 9.96. The second-order valence-corrected chi connectivity index (χ2v) is 4.97. The quantitative estimate of drug-likeness (QED) is 0.618. The van der Waals surface area contributed by atoms with E-state index >= 15 is 0 Å². The molecule has 0 aliphatic carbocycles. The Morgan fingerprint density at radius 2 is 2.15 bits per heavy atom. The number of halogens is 1. The van der Waals surface area contributed by atoms with E-state index in [0.29, 0.717) is 12.3 Å². The van der Waals surface area contributed by atoms with Crippen molar-refractivity contribution in [2.75, 3.05) is 11.9 Å². The second-order valence-electron chi connectivity index (χ2n) is 4.97. The van der Waals surface area contributed by atoms with Crippen LogP contribution in [-0.4, -0.2) is 17.4 Å². The third-order valence-electron chi connectivity index (χ3n) is 2.82. The minimum atomic E-state index is -0.985. The topological polar surface area (TPSA) is 98.3 Å². The number of benzene rings is 1. The molecule has 3 N–H and O–H groups in total. The molecule has 6 nitrogen and oxygen atoms in total. The van der Waals surface area contributed by atoms with E-state index in [4.69, 9.17) is 5.73 Å². The van der Waals surface area contributed by atoms with Crippen LogP contribution in [0.25, 0.3) is 0 Å². The van der Waals surface area contributed by atoms with Crippen molar-refractivity contribution in [2.24, 2.45) is 17.6 Å². The molecule has 1 aromatic rings. The standard InChI is InChI=1S/C13H18FN3O3/c1-8(2)5-9(7-15)13(18)16-10-3-4-12(17(19)20)11(14)6-10/h3-4,6,8-9H,5,7,15H2,1-2H3,(H,16,18). The van der Waals surface area contributed by atoms with Crippen LogP contribution < -0.4 is 11.1 Å². The average Bonchev–Trinajstić information content (AvgIpc) is 2.35. The largest absolute Gasteiger partial charge is 0.330 e. The van der Waals surface area contributed by atoms with Gasteiger partial charge in [-0.1, -0.05) is 13.8 Å². The number of carbonyl (C=O) groups is 1. The fourth-order valence-electron chi connectivity index (χ4n) is 1.86. The molecule has 0 bridgehead atoms. The highest BCUT2D eigenvalue weighted by Crippen LogP contribution is 2.21. The molecule has 0 saturated carbocycles. The van der Waals surface area contributed by atoms with Crippen LogP contribution in [0, 0.1) is 27.8 Å². The first-order valence-electron chi connectivity index (χ1n) is 6.30. The Balaban J connectivity index is 2.80. The zero-order valence-electron chi connectivity index (χ0n) is 11.4. The normalized spacial score (nSPS) is 12.2. The maximum absolute atomic E-state index is 13.4. The summed E-state index contributed by atoms with van der Waals surface area (Å²) in [5, 5.41) is 13.0. The Morgan fingerprint density at radius 3 is 2.60 bits per heavy atom. The van der Waals surface area contributed by atoms with Gasteiger partial charge in [-0.15, -0.1) is 0 Å². The second kappa shape index (κ2) is 6.95. The Kier molecular flexibility index (Phi) is 5.57. The van der Waals surface area contributed by atoms with Crippen molar-refractivity contribution in [3.8, 4) is 0 Å². The first-order valence-corrected chi connectivity index (χ1v) is 6.30. The van der Waals surface area contributed by atoms with Crippen LogP contribution in [0.3, 0.4) is 0 Å². The summed E-state index contributed by atoms with van der Waals surface area (Å²) < 4.78 is 13.4. The zero-order valence-corrected chi connectivity index (χ0v) is 11.4. The summed E-state index contributed by atoms with van der Waals surface area (Å²) >= 11 is 0. The molecule has 1 unspecified atom stereocenters. The Morgan fingerprint density at radius 1 is 1.50 bits per heavy atom. The van der Waals surface area contributed by atoms with Crippen LogP contribution in [0.15, 0.2) is 18.2 Å². The number of nitrogens with zero attached hydrogens (tertiary/aromatic N) is 1. The molecule has 1 aromatic carbocycles. The van der Waals surface area contributed by atoms with E-state index in [9.17, 15) is 19.3 Å². The molecule has 0 aliphatic heterocycles. The number of hydrogen-bond acceptors (Lipinski definition) is 4. The van der Waals surface area contributed by atoms with Crippen LogP contribution in [0.5, 0.6) is 0 Å². The number of carbonyl (C=O) groups excluding carboxylic acids is 1. The van der Waals surface area contributed by atoms with E-state index < -0.39 is 16.4 Å².